The van der Waals surface area contributed by atoms with E-state index in [0.29, 0.717) is 6.04 Å². The van der Waals surface area contributed by atoms with E-state index in [4.69, 9.17) is 9.47 Å². The second-order valence-electron chi connectivity index (χ2n) is 5.32. The van der Waals surface area contributed by atoms with Gasteiger partial charge in [-0.3, -0.25) is 0 Å². The van der Waals surface area contributed by atoms with Crippen LogP contribution in [0.3, 0.4) is 0 Å². The Kier molecular flexibility index (Phi) is 5.67. The molecule has 0 aliphatic heterocycles. The van der Waals surface area contributed by atoms with E-state index in [1.807, 2.05) is 12.1 Å². The molecule has 1 aliphatic carbocycles. The fourth-order valence-electron chi connectivity index (χ4n) is 2.19. The molecule has 0 bridgehead atoms. The lowest BCUT2D eigenvalue weighted by atomic mass is 10.1. The van der Waals surface area contributed by atoms with Gasteiger partial charge in [-0.1, -0.05) is 12.1 Å². The largest absolute Gasteiger partial charge is 0.492 e. The van der Waals surface area contributed by atoms with E-state index in [-0.39, 0.29) is 0 Å². The van der Waals surface area contributed by atoms with Crippen molar-refractivity contribution >= 4 is 0 Å². The fourth-order valence-corrected chi connectivity index (χ4v) is 2.19. The molecule has 3 heteroatoms. The van der Waals surface area contributed by atoms with Crippen LogP contribution in [0.1, 0.15) is 25.3 Å². The summed E-state index contributed by atoms with van der Waals surface area (Å²) in [4.78, 5) is 0. The maximum Gasteiger partial charge on any atom is 0.119 e. The zero-order chi connectivity index (χ0) is 13.5. The summed E-state index contributed by atoms with van der Waals surface area (Å²) in [5.41, 5.74) is 1.29. The molecule has 1 aliphatic rings. The van der Waals surface area contributed by atoms with Gasteiger partial charge >= 0.3 is 0 Å². The summed E-state index contributed by atoms with van der Waals surface area (Å²) >= 11 is 0. The van der Waals surface area contributed by atoms with Crippen LogP contribution in [0, 0.1) is 5.92 Å². The number of rotatable bonds is 9. The Morgan fingerprint density at radius 3 is 2.58 bits per heavy atom. The van der Waals surface area contributed by atoms with Crippen molar-refractivity contribution in [2.24, 2.45) is 5.92 Å². The van der Waals surface area contributed by atoms with Crippen molar-refractivity contribution in [3.63, 3.8) is 0 Å². The molecular weight excluding hydrogens is 238 g/mol. The molecule has 1 unspecified atom stereocenters. The number of benzene rings is 1. The molecule has 1 saturated carbocycles. The number of hydrogen-bond donors (Lipinski definition) is 1. The minimum absolute atomic E-state index is 0.639. The molecule has 0 aromatic heterocycles. The lowest BCUT2D eigenvalue weighted by molar-refractivity contribution is 0.202. The fraction of sp³-hybridized carbons (Fsp3) is 0.625. The summed E-state index contributed by atoms with van der Waals surface area (Å²) in [6.07, 6.45) is 3.73. The highest BCUT2D eigenvalue weighted by atomic mass is 16.5. The van der Waals surface area contributed by atoms with Crippen molar-refractivity contribution in [3.8, 4) is 5.75 Å². The Balaban J connectivity index is 1.62. The van der Waals surface area contributed by atoms with Crippen LogP contribution in [-0.4, -0.2) is 32.9 Å². The lowest BCUT2D eigenvalue weighted by Crippen LogP contribution is -2.31. The Morgan fingerprint density at radius 1 is 1.21 bits per heavy atom. The topological polar surface area (TPSA) is 30.5 Å². The molecule has 106 valence electrons. The van der Waals surface area contributed by atoms with Gasteiger partial charge in [0.1, 0.15) is 12.4 Å². The summed E-state index contributed by atoms with van der Waals surface area (Å²) in [5.74, 6) is 1.85. The van der Waals surface area contributed by atoms with Gasteiger partial charge in [-0.15, -0.1) is 0 Å². The molecule has 1 aromatic carbocycles. The van der Waals surface area contributed by atoms with Crippen molar-refractivity contribution < 1.29 is 9.47 Å². The standard InChI is InChI=1S/C16H25NO2/c1-13(15-5-6-15)17-10-12-19-16-7-3-14(4-8-16)9-11-18-2/h3-4,7-8,13,15,17H,5-6,9-12H2,1-2H3. The van der Waals surface area contributed by atoms with Crippen LogP contribution in [0.5, 0.6) is 5.75 Å². The zero-order valence-corrected chi connectivity index (χ0v) is 12.0. The van der Waals surface area contributed by atoms with E-state index >= 15 is 0 Å². The van der Waals surface area contributed by atoms with Crippen LogP contribution in [0.15, 0.2) is 24.3 Å². The van der Waals surface area contributed by atoms with Gasteiger partial charge in [0.25, 0.3) is 0 Å². The first kappa shape index (κ1) is 14.4. The predicted molar refractivity (Wildman–Crippen MR) is 77.7 cm³/mol. The van der Waals surface area contributed by atoms with Crippen LogP contribution in [-0.2, 0) is 11.2 Å². The predicted octanol–water partition coefficient (Wildman–Crippen LogP) is 2.64. The molecule has 0 heterocycles. The van der Waals surface area contributed by atoms with Crippen LogP contribution in [0.4, 0.5) is 0 Å². The van der Waals surface area contributed by atoms with Crippen molar-refractivity contribution in [2.75, 3.05) is 26.9 Å². The molecule has 1 N–H and O–H groups in total. The molecule has 0 spiro atoms. The average molecular weight is 263 g/mol. The van der Waals surface area contributed by atoms with E-state index in [0.717, 1.165) is 37.8 Å². The van der Waals surface area contributed by atoms with Gasteiger partial charge in [0, 0.05) is 19.7 Å². The molecule has 2 rings (SSSR count). The van der Waals surface area contributed by atoms with Crippen LogP contribution < -0.4 is 10.1 Å². The van der Waals surface area contributed by atoms with Crippen LogP contribution >= 0.6 is 0 Å². The Labute approximate surface area is 116 Å². The van der Waals surface area contributed by atoms with Gasteiger partial charge in [-0.2, -0.15) is 0 Å². The SMILES string of the molecule is COCCc1ccc(OCCNC(C)C2CC2)cc1. The van der Waals surface area contributed by atoms with E-state index in [1.54, 1.807) is 7.11 Å². The normalized spacial score (nSPS) is 16.3. The van der Waals surface area contributed by atoms with Crippen molar-refractivity contribution in [3.05, 3.63) is 29.8 Å². The van der Waals surface area contributed by atoms with Gasteiger partial charge in [-0.25, -0.2) is 0 Å². The van der Waals surface area contributed by atoms with Gasteiger partial charge in [0.2, 0.25) is 0 Å². The lowest BCUT2D eigenvalue weighted by Gasteiger charge is -2.13. The first-order chi connectivity index (χ1) is 9.29. The summed E-state index contributed by atoms with van der Waals surface area (Å²) in [6.45, 7) is 4.68. The number of hydrogen-bond acceptors (Lipinski definition) is 3. The molecule has 1 fully saturated rings. The van der Waals surface area contributed by atoms with E-state index < -0.39 is 0 Å². The molecule has 19 heavy (non-hydrogen) atoms. The Hall–Kier alpha value is -1.06. The third kappa shape index (κ3) is 5.21. The van der Waals surface area contributed by atoms with Crippen LogP contribution in [0.2, 0.25) is 0 Å². The maximum absolute atomic E-state index is 5.72. The molecule has 1 atom stereocenters. The molecule has 3 nitrogen and oxygen atoms in total. The second kappa shape index (κ2) is 7.51. The zero-order valence-electron chi connectivity index (χ0n) is 12.0. The van der Waals surface area contributed by atoms with Gasteiger partial charge in [0.15, 0.2) is 0 Å². The number of ether oxygens (including phenoxy) is 2. The average Bonchev–Trinajstić information content (AvgIpc) is 3.27. The minimum atomic E-state index is 0.639. The number of methoxy groups -OCH3 is 1. The molecule has 1 aromatic rings. The first-order valence-corrected chi connectivity index (χ1v) is 7.23. The van der Waals surface area contributed by atoms with E-state index in [9.17, 15) is 0 Å². The third-order valence-corrected chi connectivity index (χ3v) is 3.68. The quantitative estimate of drug-likeness (QED) is 0.695. The highest BCUT2D eigenvalue weighted by Gasteiger charge is 2.27. The highest BCUT2D eigenvalue weighted by molar-refractivity contribution is 5.27. The maximum atomic E-state index is 5.72. The van der Waals surface area contributed by atoms with Gasteiger partial charge in [-0.05, 0) is 49.8 Å². The first-order valence-electron chi connectivity index (χ1n) is 7.23. The van der Waals surface area contributed by atoms with Crippen molar-refractivity contribution in [1.82, 2.24) is 5.32 Å². The van der Waals surface area contributed by atoms with Gasteiger partial charge in [0.05, 0.1) is 6.61 Å². The van der Waals surface area contributed by atoms with E-state index in [1.165, 1.54) is 18.4 Å². The second-order valence-corrected chi connectivity index (χ2v) is 5.32. The molecule has 0 amide bonds. The van der Waals surface area contributed by atoms with Crippen molar-refractivity contribution in [1.29, 1.82) is 0 Å². The summed E-state index contributed by atoms with van der Waals surface area (Å²) in [5, 5.41) is 3.51. The smallest absolute Gasteiger partial charge is 0.119 e. The summed E-state index contributed by atoms with van der Waals surface area (Å²) < 4.78 is 10.8. The van der Waals surface area contributed by atoms with E-state index in [2.05, 4.69) is 24.4 Å². The molecular formula is C16H25NO2. The Bertz CT molecular complexity index is 360. The highest BCUT2D eigenvalue weighted by Crippen LogP contribution is 2.32. The summed E-state index contributed by atoms with van der Waals surface area (Å²) in [6, 6.07) is 8.92. The van der Waals surface area contributed by atoms with Crippen molar-refractivity contribution in [2.45, 2.75) is 32.2 Å². The Morgan fingerprint density at radius 2 is 1.95 bits per heavy atom. The molecule has 0 radical (unpaired) electrons. The monoisotopic (exact) mass is 263 g/mol. The third-order valence-electron chi connectivity index (χ3n) is 3.68. The minimum Gasteiger partial charge on any atom is -0.492 e. The summed E-state index contributed by atoms with van der Waals surface area (Å²) in [7, 11) is 1.73. The van der Waals surface area contributed by atoms with Gasteiger partial charge < -0.3 is 14.8 Å². The number of nitrogens with one attached hydrogen (secondary N) is 1. The molecule has 0 saturated heterocycles. The van der Waals surface area contributed by atoms with Crippen LogP contribution in [0.25, 0.3) is 0 Å².